The summed E-state index contributed by atoms with van der Waals surface area (Å²) in [5.41, 5.74) is -0.0458. The van der Waals surface area contributed by atoms with Crippen molar-refractivity contribution in [3.05, 3.63) is 57.9 Å². The van der Waals surface area contributed by atoms with Crippen LogP contribution >= 0.6 is 11.3 Å². The molecule has 0 fully saturated rings. The topological polar surface area (TPSA) is 112 Å². The second-order valence-electron chi connectivity index (χ2n) is 5.97. The minimum atomic E-state index is -1.03. The standard InChI is InChI=1S/C18H18F2N6O2S.C2H6/c1-3-21-8-13-9(2)23-18(29-13)25-17(28)15-12(7-22-26-15)24-16(27)14-10(19)5-4-6-11(14)20;1-2/h4-7,21H,3,8H2,1-2H3,(H,22,26)(H,24,27)(H,23,25,28);1-2H3. The molecule has 166 valence electrons. The average Bonchev–Trinajstić information content (AvgIpc) is 3.34. The summed E-state index contributed by atoms with van der Waals surface area (Å²) >= 11 is 1.32. The lowest BCUT2D eigenvalue weighted by atomic mass is 10.2. The molecule has 4 N–H and O–H groups in total. The molecule has 2 amide bonds. The number of carbonyl (C=O) groups excluding carboxylic acids is 2. The molecule has 11 heteroatoms. The molecule has 0 aliphatic heterocycles. The van der Waals surface area contributed by atoms with Gasteiger partial charge < -0.3 is 10.6 Å². The number of aromatic amines is 1. The van der Waals surface area contributed by atoms with Crippen LogP contribution < -0.4 is 16.0 Å². The Kier molecular flexibility index (Phi) is 8.76. The summed E-state index contributed by atoms with van der Waals surface area (Å²) in [4.78, 5) is 30.1. The lowest BCUT2D eigenvalue weighted by Gasteiger charge is -2.07. The van der Waals surface area contributed by atoms with E-state index >= 15 is 0 Å². The van der Waals surface area contributed by atoms with E-state index in [4.69, 9.17) is 0 Å². The number of nitrogens with one attached hydrogen (secondary N) is 4. The van der Waals surface area contributed by atoms with Gasteiger partial charge in [-0.1, -0.05) is 26.8 Å². The largest absolute Gasteiger partial charge is 0.318 e. The maximum absolute atomic E-state index is 13.8. The van der Waals surface area contributed by atoms with Gasteiger partial charge in [0.05, 0.1) is 17.6 Å². The maximum atomic E-state index is 13.8. The lowest BCUT2D eigenvalue weighted by Crippen LogP contribution is -2.19. The Morgan fingerprint density at radius 2 is 1.81 bits per heavy atom. The van der Waals surface area contributed by atoms with Gasteiger partial charge in [-0.2, -0.15) is 5.10 Å². The highest BCUT2D eigenvalue weighted by Crippen LogP contribution is 2.24. The highest BCUT2D eigenvalue weighted by Gasteiger charge is 2.22. The van der Waals surface area contributed by atoms with E-state index in [1.54, 1.807) is 0 Å². The Morgan fingerprint density at radius 3 is 2.45 bits per heavy atom. The summed E-state index contributed by atoms with van der Waals surface area (Å²) in [6.07, 6.45) is 1.18. The van der Waals surface area contributed by atoms with E-state index in [1.165, 1.54) is 17.5 Å². The van der Waals surface area contributed by atoms with Crippen LogP contribution in [0.2, 0.25) is 0 Å². The zero-order valence-corrected chi connectivity index (χ0v) is 18.4. The molecule has 0 spiro atoms. The van der Waals surface area contributed by atoms with E-state index in [0.29, 0.717) is 11.7 Å². The van der Waals surface area contributed by atoms with E-state index in [-0.39, 0.29) is 11.4 Å². The first kappa shape index (κ1) is 24.1. The molecule has 2 aromatic heterocycles. The molecule has 0 unspecified atom stereocenters. The van der Waals surface area contributed by atoms with Crippen molar-refractivity contribution in [3.63, 3.8) is 0 Å². The smallest absolute Gasteiger partial charge is 0.277 e. The van der Waals surface area contributed by atoms with Crippen LogP contribution in [0.1, 0.15) is 52.2 Å². The summed E-state index contributed by atoms with van der Waals surface area (Å²) in [7, 11) is 0. The van der Waals surface area contributed by atoms with E-state index < -0.39 is 29.0 Å². The van der Waals surface area contributed by atoms with Crippen molar-refractivity contribution in [2.24, 2.45) is 0 Å². The Morgan fingerprint density at radius 1 is 1.13 bits per heavy atom. The summed E-state index contributed by atoms with van der Waals surface area (Å²) in [6, 6.07) is 3.09. The van der Waals surface area contributed by atoms with Crippen LogP contribution in [0.15, 0.2) is 24.4 Å². The number of nitrogens with zero attached hydrogens (tertiary/aromatic N) is 2. The third-order valence-corrected chi connectivity index (χ3v) is 5.03. The fourth-order valence-electron chi connectivity index (χ4n) is 2.50. The number of benzene rings is 1. The highest BCUT2D eigenvalue weighted by molar-refractivity contribution is 7.15. The molecule has 31 heavy (non-hydrogen) atoms. The van der Waals surface area contributed by atoms with Gasteiger partial charge in [-0.15, -0.1) is 11.3 Å². The number of thiazole rings is 1. The lowest BCUT2D eigenvalue weighted by molar-refractivity contribution is 0.101. The SMILES string of the molecule is CC.CCNCc1sc(NC(=O)c2[nH]ncc2NC(=O)c2c(F)cccc2F)nc1C. The van der Waals surface area contributed by atoms with Crippen molar-refractivity contribution in [1.29, 1.82) is 0 Å². The molecule has 0 bridgehead atoms. The number of hydrogen-bond acceptors (Lipinski definition) is 6. The first-order valence-electron chi connectivity index (χ1n) is 9.67. The molecule has 0 saturated heterocycles. The molecule has 1 aromatic carbocycles. The number of aromatic nitrogens is 3. The van der Waals surface area contributed by atoms with Crippen molar-refractivity contribution in [2.75, 3.05) is 17.2 Å². The van der Waals surface area contributed by atoms with Crippen molar-refractivity contribution in [3.8, 4) is 0 Å². The number of hydrogen-bond donors (Lipinski definition) is 4. The summed E-state index contributed by atoms with van der Waals surface area (Å²) in [6.45, 7) is 9.26. The van der Waals surface area contributed by atoms with Gasteiger partial charge in [0.25, 0.3) is 11.8 Å². The molecule has 0 radical (unpaired) electrons. The number of halogens is 2. The number of H-pyrrole nitrogens is 1. The van der Waals surface area contributed by atoms with Crippen molar-refractivity contribution in [2.45, 2.75) is 34.2 Å². The molecule has 8 nitrogen and oxygen atoms in total. The van der Waals surface area contributed by atoms with Gasteiger partial charge in [0.1, 0.15) is 22.9 Å². The number of rotatable bonds is 7. The second-order valence-corrected chi connectivity index (χ2v) is 7.06. The first-order valence-corrected chi connectivity index (χ1v) is 10.5. The van der Waals surface area contributed by atoms with Crippen molar-refractivity contribution in [1.82, 2.24) is 20.5 Å². The Balaban J connectivity index is 0.00000166. The Labute approximate surface area is 182 Å². The van der Waals surface area contributed by atoms with Gasteiger partial charge in [-0.25, -0.2) is 13.8 Å². The van der Waals surface area contributed by atoms with Crippen LogP contribution in [0, 0.1) is 18.6 Å². The number of aryl methyl sites for hydroxylation is 1. The van der Waals surface area contributed by atoms with Gasteiger partial charge in [0, 0.05) is 11.4 Å². The second kappa shape index (κ2) is 11.3. The summed E-state index contributed by atoms with van der Waals surface area (Å²) in [5.74, 6) is -3.66. The predicted molar refractivity (Wildman–Crippen MR) is 116 cm³/mol. The predicted octanol–water partition coefficient (Wildman–Crippen LogP) is 4.09. The molecule has 0 aliphatic rings. The summed E-state index contributed by atoms with van der Waals surface area (Å²) < 4.78 is 27.6. The third-order valence-electron chi connectivity index (χ3n) is 3.95. The van der Waals surface area contributed by atoms with Gasteiger partial charge in [-0.3, -0.25) is 20.0 Å². The van der Waals surface area contributed by atoms with Crippen molar-refractivity contribution < 1.29 is 18.4 Å². The monoisotopic (exact) mass is 450 g/mol. The Bertz CT molecular complexity index is 1030. The van der Waals surface area contributed by atoms with E-state index in [1.807, 2.05) is 27.7 Å². The van der Waals surface area contributed by atoms with Crippen LogP contribution in [-0.4, -0.2) is 33.5 Å². The van der Waals surface area contributed by atoms with E-state index in [9.17, 15) is 18.4 Å². The Hall–Kier alpha value is -3.18. The first-order chi connectivity index (χ1) is 14.9. The van der Waals surface area contributed by atoms with Crippen LogP contribution in [0.3, 0.4) is 0 Å². The van der Waals surface area contributed by atoms with Crippen molar-refractivity contribution >= 4 is 34.0 Å². The number of anilines is 2. The fraction of sp³-hybridized carbons (Fsp3) is 0.300. The molecule has 0 saturated carbocycles. The average molecular weight is 451 g/mol. The molecule has 0 aliphatic carbocycles. The van der Waals surface area contributed by atoms with Gasteiger partial charge >= 0.3 is 0 Å². The molecular formula is C20H24F2N6O2S. The fourth-order valence-corrected chi connectivity index (χ4v) is 3.42. The summed E-state index contributed by atoms with van der Waals surface area (Å²) in [5, 5.41) is 14.7. The number of amides is 2. The van der Waals surface area contributed by atoms with Crippen LogP contribution in [-0.2, 0) is 6.54 Å². The van der Waals surface area contributed by atoms with Gasteiger partial charge in [-0.05, 0) is 25.6 Å². The molecular weight excluding hydrogens is 426 g/mol. The maximum Gasteiger partial charge on any atom is 0.277 e. The minimum Gasteiger partial charge on any atom is -0.318 e. The molecule has 2 heterocycles. The quantitative estimate of drug-likeness (QED) is 0.433. The van der Waals surface area contributed by atoms with Crippen LogP contribution in [0.25, 0.3) is 0 Å². The van der Waals surface area contributed by atoms with Gasteiger partial charge in [0.2, 0.25) is 0 Å². The zero-order chi connectivity index (χ0) is 23.0. The van der Waals surface area contributed by atoms with E-state index in [2.05, 4.69) is 31.1 Å². The number of carbonyl (C=O) groups is 2. The molecule has 0 atom stereocenters. The van der Waals surface area contributed by atoms with Gasteiger partial charge in [0.15, 0.2) is 5.13 Å². The van der Waals surface area contributed by atoms with Crippen LogP contribution in [0.4, 0.5) is 19.6 Å². The normalized spacial score (nSPS) is 10.3. The minimum absolute atomic E-state index is 0.0173. The molecule has 3 rings (SSSR count). The highest BCUT2D eigenvalue weighted by atomic mass is 32.1. The molecule has 3 aromatic rings. The van der Waals surface area contributed by atoms with E-state index in [0.717, 1.165) is 35.3 Å². The van der Waals surface area contributed by atoms with Crippen LogP contribution in [0.5, 0.6) is 0 Å². The third kappa shape index (κ3) is 5.92. The zero-order valence-electron chi connectivity index (χ0n) is 17.6.